The Morgan fingerprint density at radius 2 is 1.80 bits per heavy atom. The first-order chi connectivity index (χ1) is 19.5. The summed E-state index contributed by atoms with van der Waals surface area (Å²) in [7, 11) is 0. The molecule has 10 nitrogen and oxygen atoms in total. The minimum absolute atomic E-state index is 0.0891. The number of aromatic nitrogens is 1. The Morgan fingerprint density at radius 3 is 2.46 bits per heavy atom. The quantitative estimate of drug-likeness (QED) is 0.465. The van der Waals surface area contributed by atoms with E-state index in [4.69, 9.17) is 10.5 Å². The summed E-state index contributed by atoms with van der Waals surface area (Å²) in [5, 5.41) is 9.18. The van der Waals surface area contributed by atoms with Gasteiger partial charge in [-0.1, -0.05) is 6.07 Å². The minimum atomic E-state index is -1.44. The number of cyclic esters (lactones) is 1. The van der Waals surface area contributed by atoms with Crippen molar-refractivity contribution in [3.8, 4) is 0 Å². The van der Waals surface area contributed by atoms with Crippen LogP contribution < -0.4 is 21.0 Å². The molecule has 0 bridgehead atoms. The number of hydrogen-bond acceptors (Lipinski definition) is 7. The predicted octanol–water partition coefficient (Wildman–Crippen LogP) is 3.16. The average molecular weight is 567 g/mol. The maximum atomic E-state index is 16.1. The second-order valence-electron chi connectivity index (χ2n) is 10.8. The number of aromatic carboxylic acids is 1. The molecule has 2 atom stereocenters. The number of pyridine rings is 1. The van der Waals surface area contributed by atoms with Crippen molar-refractivity contribution in [1.29, 1.82) is 0 Å². The number of benzene rings is 2. The Balaban J connectivity index is 1.31. The summed E-state index contributed by atoms with van der Waals surface area (Å²) < 4.78 is 38.4. The van der Waals surface area contributed by atoms with Gasteiger partial charge in [-0.15, -0.1) is 0 Å². The zero-order chi connectivity index (χ0) is 29.2. The van der Waals surface area contributed by atoms with Crippen LogP contribution in [0.3, 0.4) is 0 Å². The fourth-order valence-corrected chi connectivity index (χ4v) is 5.76. The third-order valence-corrected chi connectivity index (χ3v) is 8.18. The number of ketones is 1. The molecule has 3 aromatic rings. The van der Waals surface area contributed by atoms with E-state index in [-0.39, 0.29) is 41.5 Å². The average Bonchev–Trinajstić information content (AvgIpc) is 3.73. The molecule has 1 saturated heterocycles. The van der Waals surface area contributed by atoms with E-state index in [1.165, 1.54) is 16.4 Å². The standard InChI is InChI=1S/C29H28F2N4O6/c1-14(36)24(32)22-13-35(29(40)41-22)18-3-2-15-6-8-33(9-7-16(15)10-18)26-21(30)11-19-25(23(26)31)34(17-4-5-17)12-20(27(19)37)28(38)39/h2-3,10-12,17,22,24H,4-9,13,32H2,1H3,(H,38,39). The van der Waals surface area contributed by atoms with Crippen molar-refractivity contribution >= 4 is 40.1 Å². The maximum absolute atomic E-state index is 16.1. The molecule has 0 radical (unpaired) electrons. The van der Waals surface area contributed by atoms with Crippen LogP contribution >= 0.6 is 0 Å². The van der Waals surface area contributed by atoms with Crippen molar-refractivity contribution in [2.75, 3.05) is 29.4 Å². The Labute approximate surface area is 232 Å². The van der Waals surface area contributed by atoms with Crippen molar-refractivity contribution in [3.05, 3.63) is 69.0 Å². The van der Waals surface area contributed by atoms with Gasteiger partial charge in [0.05, 0.1) is 17.4 Å². The van der Waals surface area contributed by atoms with E-state index in [2.05, 4.69) is 0 Å². The van der Waals surface area contributed by atoms with Gasteiger partial charge in [0.25, 0.3) is 0 Å². The highest BCUT2D eigenvalue weighted by Crippen LogP contribution is 2.40. The fourth-order valence-electron chi connectivity index (χ4n) is 5.76. The molecule has 41 heavy (non-hydrogen) atoms. The number of fused-ring (bicyclic) bond motifs is 2. The first kappa shape index (κ1) is 26.9. The normalized spacial score (nSPS) is 19.6. The number of hydrogen-bond donors (Lipinski definition) is 2. The van der Waals surface area contributed by atoms with Crippen LogP contribution in [0.1, 0.15) is 47.3 Å². The fraction of sp³-hybridized carbons (Fsp3) is 0.379. The van der Waals surface area contributed by atoms with E-state index in [1.54, 1.807) is 11.0 Å². The van der Waals surface area contributed by atoms with Gasteiger partial charge in [0, 0.05) is 31.0 Å². The second-order valence-corrected chi connectivity index (χ2v) is 10.8. The molecule has 1 amide bonds. The highest BCUT2D eigenvalue weighted by atomic mass is 19.1. The molecule has 1 aliphatic carbocycles. The summed E-state index contributed by atoms with van der Waals surface area (Å²) in [6, 6.07) is 5.34. The summed E-state index contributed by atoms with van der Waals surface area (Å²) in [4.78, 5) is 51.6. The van der Waals surface area contributed by atoms with Gasteiger partial charge in [-0.25, -0.2) is 18.4 Å². The molecule has 2 fully saturated rings. The molecular weight excluding hydrogens is 538 g/mol. The van der Waals surface area contributed by atoms with Gasteiger partial charge in [0.2, 0.25) is 5.43 Å². The number of carboxylic acids is 1. The molecule has 12 heteroatoms. The number of carboxylic acid groups (broad SMARTS) is 1. The minimum Gasteiger partial charge on any atom is -0.477 e. The summed E-state index contributed by atoms with van der Waals surface area (Å²) in [6.45, 7) is 2.03. The molecule has 0 spiro atoms. The zero-order valence-electron chi connectivity index (χ0n) is 22.2. The molecule has 3 aliphatic rings. The lowest BCUT2D eigenvalue weighted by atomic mass is 10.0. The third-order valence-electron chi connectivity index (χ3n) is 8.18. The first-order valence-electron chi connectivity index (χ1n) is 13.5. The number of ether oxygens (including phenoxy) is 1. The number of Topliss-reactive ketones (excluding diaryl/α,β-unsaturated/α-hetero) is 1. The van der Waals surface area contributed by atoms with Crippen LogP contribution in [0.25, 0.3) is 10.9 Å². The number of carbonyl (C=O) groups excluding carboxylic acids is 2. The van der Waals surface area contributed by atoms with Gasteiger partial charge in [0.15, 0.2) is 5.82 Å². The lowest BCUT2D eigenvalue weighted by molar-refractivity contribution is -0.120. The number of amides is 1. The summed E-state index contributed by atoms with van der Waals surface area (Å²) in [6.07, 6.45) is 2.11. The van der Waals surface area contributed by atoms with Crippen molar-refractivity contribution in [1.82, 2.24) is 4.57 Å². The number of carbonyl (C=O) groups is 3. The monoisotopic (exact) mass is 566 g/mol. The predicted molar refractivity (Wildman–Crippen MR) is 146 cm³/mol. The van der Waals surface area contributed by atoms with E-state index >= 15 is 8.78 Å². The van der Waals surface area contributed by atoms with Gasteiger partial charge in [0.1, 0.15) is 35.0 Å². The number of rotatable bonds is 6. The van der Waals surface area contributed by atoms with E-state index in [1.807, 2.05) is 12.1 Å². The molecule has 2 aliphatic heterocycles. The lowest BCUT2D eigenvalue weighted by Gasteiger charge is -2.25. The lowest BCUT2D eigenvalue weighted by Crippen LogP contribution is -2.43. The topological polar surface area (TPSA) is 135 Å². The zero-order valence-corrected chi connectivity index (χ0v) is 22.2. The number of nitrogens with two attached hydrogens (primary N) is 1. The van der Waals surface area contributed by atoms with E-state index in [0.717, 1.165) is 23.4 Å². The van der Waals surface area contributed by atoms with Crippen LogP contribution in [0.4, 0.5) is 25.0 Å². The van der Waals surface area contributed by atoms with E-state index < -0.39 is 46.8 Å². The van der Waals surface area contributed by atoms with Crippen LogP contribution in [0, 0.1) is 11.6 Å². The Morgan fingerprint density at radius 1 is 1.10 bits per heavy atom. The van der Waals surface area contributed by atoms with Gasteiger partial charge >= 0.3 is 12.1 Å². The molecule has 2 aromatic carbocycles. The third kappa shape index (κ3) is 4.61. The summed E-state index contributed by atoms with van der Waals surface area (Å²) >= 11 is 0. The Bertz CT molecular complexity index is 1680. The molecule has 214 valence electrons. The smallest absolute Gasteiger partial charge is 0.414 e. The van der Waals surface area contributed by atoms with Crippen LogP contribution in [0.2, 0.25) is 0 Å². The second kappa shape index (κ2) is 9.95. The Kier molecular flexibility index (Phi) is 6.52. The van der Waals surface area contributed by atoms with Gasteiger partial charge in [-0.2, -0.15) is 0 Å². The van der Waals surface area contributed by atoms with Crippen molar-refractivity contribution in [2.24, 2.45) is 5.73 Å². The molecule has 1 saturated carbocycles. The first-order valence-corrected chi connectivity index (χ1v) is 13.5. The molecule has 2 unspecified atom stereocenters. The van der Waals surface area contributed by atoms with Gasteiger partial charge in [-0.3, -0.25) is 14.5 Å². The molecule has 1 aromatic heterocycles. The number of nitrogens with zero attached hydrogens (tertiary/aromatic N) is 3. The van der Waals surface area contributed by atoms with Crippen molar-refractivity contribution in [2.45, 2.75) is 50.8 Å². The van der Waals surface area contributed by atoms with Gasteiger partial charge in [-0.05, 0) is 61.9 Å². The SMILES string of the molecule is CC(=O)C(N)C1CN(c2ccc3c(c2)CCN(c2c(F)cc4c(=O)c(C(=O)O)cn(C5CC5)c4c2F)CC3)C(=O)O1. The molecule has 3 heterocycles. The van der Waals surface area contributed by atoms with Gasteiger partial charge < -0.3 is 25.0 Å². The van der Waals surface area contributed by atoms with Crippen LogP contribution in [-0.4, -0.2) is 59.3 Å². The van der Waals surface area contributed by atoms with E-state index in [0.29, 0.717) is 37.9 Å². The van der Waals surface area contributed by atoms with E-state index in [9.17, 15) is 24.3 Å². The van der Waals surface area contributed by atoms with Crippen LogP contribution in [0.15, 0.2) is 35.3 Å². The molecule has 6 rings (SSSR count). The summed E-state index contributed by atoms with van der Waals surface area (Å²) in [5.74, 6) is -3.55. The Hall–Kier alpha value is -4.32. The maximum Gasteiger partial charge on any atom is 0.414 e. The van der Waals surface area contributed by atoms with Crippen molar-refractivity contribution < 1.29 is 33.0 Å². The highest BCUT2D eigenvalue weighted by Gasteiger charge is 2.38. The highest BCUT2D eigenvalue weighted by molar-refractivity contribution is 5.94. The molecular formula is C29H28F2N4O6. The summed E-state index contributed by atoms with van der Waals surface area (Å²) in [5.41, 5.74) is 6.53. The number of halogens is 2. The largest absolute Gasteiger partial charge is 0.477 e. The number of anilines is 2. The van der Waals surface area contributed by atoms with Crippen LogP contribution in [-0.2, 0) is 22.4 Å². The van der Waals surface area contributed by atoms with Crippen molar-refractivity contribution in [3.63, 3.8) is 0 Å². The molecule has 3 N–H and O–H groups in total. The van der Waals surface area contributed by atoms with Crippen LogP contribution in [0.5, 0.6) is 0 Å².